The van der Waals surface area contributed by atoms with Gasteiger partial charge in [0.25, 0.3) is 0 Å². The van der Waals surface area contributed by atoms with Gasteiger partial charge in [-0.05, 0) is 116 Å². The number of nitrogens with one attached hydrogen (secondary N) is 1. The molecule has 1 aromatic heterocycles. The molecule has 4 atom stereocenters. The number of pyridine rings is 1. The minimum atomic E-state index is -0.999. The Labute approximate surface area is 255 Å². The highest BCUT2D eigenvalue weighted by Gasteiger charge is 2.54. The molecule has 2 N–H and O–H groups in total. The summed E-state index contributed by atoms with van der Waals surface area (Å²) in [5, 5.41) is 14.4. The summed E-state index contributed by atoms with van der Waals surface area (Å²) >= 11 is 6.22. The van der Waals surface area contributed by atoms with E-state index in [1.54, 1.807) is 0 Å². The highest BCUT2D eigenvalue weighted by atomic mass is 35.5. The van der Waals surface area contributed by atoms with Crippen LogP contribution in [0.15, 0.2) is 60.8 Å². The van der Waals surface area contributed by atoms with Crippen molar-refractivity contribution in [1.82, 2.24) is 4.98 Å². The molecular formula is C36H43ClN2O3. The zero-order valence-electron chi connectivity index (χ0n) is 25.0. The van der Waals surface area contributed by atoms with Crippen molar-refractivity contribution in [1.29, 1.82) is 0 Å². The molecule has 0 radical (unpaired) electrons. The molecule has 3 aliphatic rings. The number of carboxylic acids is 1. The number of ether oxygens (including phenoxy) is 1. The third-order valence-corrected chi connectivity index (χ3v) is 10.8. The molecule has 1 unspecified atom stereocenters. The van der Waals surface area contributed by atoms with Gasteiger partial charge >= 0.3 is 5.97 Å². The van der Waals surface area contributed by atoms with Gasteiger partial charge in [0.2, 0.25) is 0 Å². The van der Waals surface area contributed by atoms with Crippen LogP contribution in [0.3, 0.4) is 0 Å². The van der Waals surface area contributed by atoms with Gasteiger partial charge in [-0.15, -0.1) is 0 Å². The zero-order valence-corrected chi connectivity index (χ0v) is 25.8. The number of benzene rings is 2. The van der Waals surface area contributed by atoms with Crippen LogP contribution in [0.25, 0.3) is 0 Å². The lowest BCUT2D eigenvalue weighted by atomic mass is 9.59. The van der Waals surface area contributed by atoms with Gasteiger partial charge in [0.15, 0.2) is 0 Å². The monoisotopic (exact) mass is 586 g/mol. The Morgan fingerprint density at radius 2 is 1.83 bits per heavy atom. The Morgan fingerprint density at radius 1 is 1.07 bits per heavy atom. The number of fused-ring (bicyclic) bond motifs is 3. The van der Waals surface area contributed by atoms with E-state index in [0.717, 1.165) is 37.1 Å². The summed E-state index contributed by atoms with van der Waals surface area (Å²) in [5.74, 6) is 2.00. The number of carbonyl (C=O) groups is 1. The van der Waals surface area contributed by atoms with Gasteiger partial charge in [-0.1, -0.05) is 62.7 Å². The van der Waals surface area contributed by atoms with Gasteiger partial charge in [-0.3, -0.25) is 4.98 Å². The summed E-state index contributed by atoms with van der Waals surface area (Å²) in [6.07, 6.45) is 9.20. The largest absolute Gasteiger partial charge is 0.493 e. The van der Waals surface area contributed by atoms with Crippen LogP contribution in [0, 0.1) is 11.8 Å². The van der Waals surface area contributed by atoms with Gasteiger partial charge in [-0.2, -0.15) is 0 Å². The lowest BCUT2D eigenvalue weighted by molar-refractivity contribution is -0.144. The van der Waals surface area contributed by atoms with Crippen LogP contribution < -0.4 is 10.1 Å². The number of nitrogens with zero attached hydrogens (tertiary/aromatic N) is 1. The molecule has 6 heteroatoms. The van der Waals surface area contributed by atoms with Crippen molar-refractivity contribution in [2.24, 2.45) is 11.8 Å². The van der Waals surface area contributed by atoms with Crippen molar-refractivity contribution in [3.8, 4) is 5.75 Å². The topological polar surface area (TPSA) is 71.5 Å². The number of hydrogen-bond acceptors (Lipinski definition) is 4. The fraction of sp³-hybridized carbons (Fsp3) is 0.500. The normalized spacial score (nSPS) is 29.0. The van der Waals surface area contributed by atoms with Crippen molar-refractivity contribution in [2.45, 2.75) is 94.9 Å². The Hall–Kier alpha value is -3.05. The van der Waals surface area contributed by atoms with Crippen LogP contribution in [0.2, 0.25) is 5.02 Å². The zero-order chi connectivity index (χ0) is 29.5. The van der Waals surface area contributed by atoms with E-state index in [9.17, 15) is 9.90 Å². The fourth-order valence-corrected chi connectivity index (χ4v) is 8.45. The quantitative estimate of drug-likeness (QED) is 0.276. The average Bonchev–Trinajstić information content (AvgIpc) is 3.27. The van der Waals surface area contributed by atoms with Crippen molar-refractivity contribution < 1.29 is 14.6 Å². The summed E-state index contributed by atoms with van der Waals surface area (Å²) in [6, 6.07) is 18.3. The van der Waals surface area contributed by atoms with Crippen molar-refractivity contribution >= 4 is 23.3 Å². The van der Waals surface area contributed by atoms with Crippen LogP contribution in [-0.2, 0) is 16.6 Å². The second kappa shape index (κ2) is 11.6. The van der Waals surface area contributed by atoms with Gasteiger partial charge < -0.3 is 15.2 Å². The second-order valence-electron chi connectivity index (χ2n) is 13.4. The first-order valence-electron chi connectivity index (χ1n) is 15.7. The number of anilines is 1. The first-order valence-corrected chi connectivity index (χ1v) is 16.1. The van der Waals surface area contributed by atoms with E-state index in [-0.39, 0.29) is 5.41 Å². The second-order valence-corrected chi connectivity index (χ2v) is 13.8. The molecule has 2 aromatic carbocycles. The molecule has 1 saturated carbocycles. The van der Waals surface area contributed by atoms with E-state index in [4.69, 9.17) is 21.3 Å². The Morgan fingerprint density at radius 3 is 2.60 bits per heavy atom. The van der Waals surface area contributed by atoms with Crippen LogP contribution in [0.4, 0.5) is 5.69 Å². The van der Waals surface area contributed by atoms with E-state index in [1.807, 2.05) is 36.5 Å². The molecule has 0 aliphatic heterocycles. The van der Waals surface area contributed by atoms with Crippen LogP contribution in [0.5, 0.6) is 5.75 Å². The Balaban J connectivity index is 1.19. The lowest BCUT2D eigenvalue weighted by Crippen LogP contribution is -2.53. The smallest absolute Gasteiger partial charge is 0.329 e. The maximum atomic E-state index is 12.7. The van der Waals surface area contributed by atoms with Gasteiger partial charge in [0, 0.05) is 22.5 Å². The molecule has 42 heavy (non-hydrogen) atoms. The minimum absolute atomic E-state index is 0.0143. The lowest BCUT2D eigenvalue weighted by Gasteiger charge is -2.47. The fourth-order valence-electron chi connectivity index (χ4n) is 8.26. The Kier molecular flexibility index (Phi) is 7.99. The van der Waals surface area contributed by atoms with E-state index in [2.05, 4.69) is 50.4 Å². The van der Waals surface area contributed by atoms with E-state index >= 15 is 0 Å². The molecule has 222 valence electrons. The molecule has 0 amide bonds. The van der Waals surface area contributed by atoms with Crippen LogP contribution in [0.1, 0.15) is 99.9 Å². The summed E-state index contributed by atoms with van der Waals surface area (Å²) < 4.78 is 6.55. The first kappa shape index (κ1) is 29.0. The van der Waals surface area contributed by atoms with Gasteiger partial charge in [0.1, 0.15) is 11.3 Å². The SMILES string of the molecule is C[C@@H](COc1ccnc2c1[C@H](C)CC[C@@H]2C)CC1Cc2ccccc2C12CCC(Nc1cccc(Cl)c1)(C(=O)O)CC2. The molecule has 3 aliphatic carbocycles. The van der Waals surface area contributed by atoms with E-state index in [0.29, 0.717) is 48.1 Å². The number of halogens is 1. The molecule has 0 saturated heterocycles. The molecule has 3 aromatic rings. The first-order chi connectivity index (χ1) is 20.2. The highest BCUT2D eigenvalue weighted by Crippen LogP contribution is 2.56. The van der Waals surface area contributed by atoms with Crippen molar-refractivity contribution in [3.63, 3.8) is 0 Å². The molecule has 1 fully saturated rings. The molecule has 1 spiro atoms. The summed E-state index contributed by atoms with van der Waals surface area (Å²) in [4.78, 5) is 17.4. The molecule has 5 nitrogen and oxygen atoms in total. The van der Waals surface area contributed by atoms with E-state index < -0.39 is 11.5 Å². The van der Waals surface area contributed by atoms with Gasteiger partial charge in [0.05, 0.1) is 12.3 Å². The summed E-state index contributed by atoms with van der Waals surface area (Å²) in [6.45, 7) is 7.55. The third kappa shape index (κ3) is 5.30. The maximum Gasteiger partial charge on any atom is 0.329 e. The number of aliphatic carboxylic acids is 1. The third-order valence-electron chi connectivity index (χ3n) is 10.6. The summed E-state index contributed by atoms with van der Waals surface area (Å²) in [7, 11) is 0. The molecule has 6 rings (SSSR count). The predicted molar refractivity (Wildman–Crippen MR) is 169 cm³/mol. The van der Waals surface area contributed by atoms with Crippen LogP contribution >= 0.6 is 11.6 Å². The minimum Gasteiger partial charge on any atom is -0.493 e. The number of rotatable bonds is 8. The highest BCUT2D eigenvalue weighted by molar-refractivity contribution is 6.30. The number of hydrogen-bond donors (Lipinski definition) is 2. The summed E-state index contributed by atoms with van der Waals surface area (Å²) in [5.41, 5.74) is 5.11. The number of aromatic nitrogens is 1. The van der Waals surface area contributed by atoms with Gasteiger partial charge in [-0.25, -0.2) is 4.79 Å². The maximum absolute atomic E-state index is 12.7. The van der Waals surface area contributed by atoms with Crippen LogP contribution in [-0.4, -0.2) is 28.2 Å². The molecule has 0 bridgehead atoms. The van der Waals surface area contributed by atoms with Crippen molar-refractivity contribution in [2.75, 3.05) is 11.9 Å². The molecular weight excluding hydrogens is 544 g/mol. The average molecular weight is 587 g/mol. The molecule has 1 heterocycles. The van der Waals surface area contributed by atoms with E-state index in [1.165, 1.54) is 35.2 Å². The standard InChI is InChI=1S/C36H43ClN2O3/c1-23(22-42-31-13-18-38-33-25(3)12-11-24(2)32(31)33)19-27-20-26-7-4-5-10-30(26)35(27)14-16-36(17-15-35,34(40)41)39-29-9-6-8-28(37)21-29/h4-10,13,18,21,23-25,27,39H,11-12,14-17,19-20,22H2,1-3H3,(H,40,41)/t23-,24-,25+,27?,35?,36?/m1/s1. The number of carboxylic acid groups (broad SMARTS) is 1. The van der Waals surface area contributed by atoms with Crippen molar-refractivity contribution in [3.05, 3.63) is 88.2 Å². The predicted octanol–water partition coefficient (Wildman–Crippen LogP) is 8.76. The Bertz CT molecular complexity index is 1450.